The molecule has 0 saturated carbocycles. The van der Waals surface area contributed by atoms with E-state index in [9.17, 15) is 9.18 Å². The molecule has 0 bridgehead atoms. The Labute approximate surface area is 130 Å². The van der Waals surface area contributed by atoms with E-state index in [1.54, 1.807) is 6.07 Å². The molecule has 2 rings (SSSR count). The van der Waals surface area contributed by atoms with E-state index in [2.05, 4.69) is 23.9 Å². The van der Waals surface area contributed by atoms with Crippen molar-refractivity contribution in [1.82, 2.24) is 5.32 Å². The van der Waals surface area contributed by atoms with Crippen molar-refractivity contribution in [3.05, 3.63) is 59.4 Å². The highest BCUT2D eigenvalue weighted by Crippen LogP contribution is 2.23. The number of nitrogens with one attached hydrogen (secondary N) is 1. The molecule has 0 heterocycles. The lowest BCUT2D eigenvalue weighted by atomic mass is 10.0. The van der Waals surface area contributed by atoms with E-state index in [4.69, 9.17) is 0 Å². The van der Waals surface area contributed by atoms with Gasteiger partial charge in [0.25, 0.3) is 0 Å². The fourth-order valence-electron chi connectivity index (χ4n) is 2.15. The molecule has 0 amide bonds. The molecule has 22 heavy (non-hydrogen) atoms. The fraction of sp³-hybridized carbons (Fsp3) is 0.278. The van der Waals surface area contributed by atoms with Gasteiger partial charge in [-0.2, -0.15) is 0 Å². The predicted molar refractivity (Wildman–Crippen MR) is 85.2 cm³/mol. The SMILES string of the molecule is COC(=O)c1ccc(-c2cccc(CNC(C)C)c2)cc1F. The van der Waals surface area contributed by atoms with Crippen LogP contribution in [-0.4, -0.2) is 19.1 Å². The number of hydrogen-bond acceptors (Lipinski definition) is 3. The van der Waals surface area contributed by atoms with Crippen LogP contribution in [0, 0.1) is 5.82 Å². The standard InChI is InChI=1S/C18H20FNO2/c1-12(2)20-11-13-5-4-6-14(9-13)15-7-8-16(17(19)10-15)18(21)22-3/h4-10,12,20H,11H2,1-3H3. The largest absolute Gasteiger partial charge is 0.465 e. The third-order valence-electron chi connectivity index (χ3n) is 3.35. The lowest BCUT2D eigenvalue weighted by molar-refractivity contribution is 0.0595. The summed E-state index contributed by atoms with van der Waals surface area (Å²) in [6.45, 7) is 4.93. The van der Waals surface area contributed by atoms with Crippen LogP contribution in [-0.2, 0) is 11.3 Å². The quantitative estimate of drug-likeness (QED) is 0.854. The lowest BCUT2D eigenvalue weighted by Crippen LogP contribution is -2.21. The first-order chi connectivity index (χ1) is 10.5. The van der Waals surface area contributed by atoms with Crippen LogP contribution in [0.3, 0.4) is 0 Å². The van der Waals surface area contributed by atoms with Crippen molar-refractivity contribution in [3.63, 3.8) is 0 Å². The number of carbonyl (C=O) groups is 1. The Kier molecular flexibility index (Phi) is 5.28. The van der Waals surface area contributed by atoms with Gasteiger partial charge in [-0.25, -0.2) is 9.18 Å². The summed E-state index contributed by atoms with van der Waals surface area (Å²) in [4.78, 5) is 11.4. The summed E-state index contributed by atoms with van der Waals surface area (Å²) in [6, 6.07) is 12.9. The maximum Gasteiger partial charge on any atom is 0.340 e. The topological polar surface area (TPSA) is 38.3 Å². The molecule has 2 aromatic rings. The first-order valence-corrected chi connectivity index (χ1v) is 7.22. The van der Waals surface area contributed by atoms with Crippen molar-refractivity contribution in [2.75, 3.05) is 7.11 Å². The second kappa shape index (κ2) is 7.18. The summed E-state index contributed by atoms with van der Waals surface area (Å²) in [5.41, 5.74) is 2.72. The number of benzene rings is 2. The summed E-state index contributed by atoms with van der Waals surface area (Å²) in [5, 5.41) is 3.35. The average Bonchev–Trinajstić information content (AvgIpc) is 2.52. The minimum absolute atomic E-state index is 0.0520. The van der Waals surface area contributed by atoms with E-state index in [1.165, 1.54) is 19.2 Å². The van der Waals surface area contributed by atoms with E-state index < -0.39 is 11.8 Å². The predicted octanol–water partition coefficient (Wildman–Crippen LogP) is 3.78. The zero-order valence-corrected chi connectivity index (χ0v) is 13.0. The molecule has 0 fully saturated rings. The van der Waals surface area contributed by atoms with Crippen molar-refractivity contribution >= 4 is 5.97 Å². The number of hydrogen-bond donors (Lipinski definition) is 1. The second-order valence-corrected chi connectivity index (χ2v) is 5.42. The number of methoxy groups -OCH3 is 1. The van der Waals surface area contributed by atoms with Crippen LogP contribution >= 0.6 is 0 Å². The minimum Gasteiger partial charge on any atom is -0.465 e. The molecule has 0 atom stereocenters. The molecule has 0 radical (unpaired) electrons. The third kappa shape index (κ3) is 3.92. The Bertz CT molecular complexity index is 668. The van der Waals surface area contributed by atoms with Gasteiger partial charge in [-0.15, -0.1) is 0 Å². The first-order valence-electron chi connectivity index (χ1n) is 7.22. The van der Waals surface area contributed by atoms with E-state index in [1.807, 2.05) is 24.3 Å². The minimum atomic E-state index is -0.668. The second-order valence-electron chi connectivity index (χ2n) is 5.42. The molecule has 0 unspecified atom stereocenters. The molecule has 0 aromatic heterocycles. The van der Waals surface area contributed by atoms with Crippen molar-refractivity contribution < 1.29 is 13.9 Å². The molecule has 0 aliphatic carbocycles. The summed E-state index contributed by atoms with van der Waals surface area (Å²) in [5.74, 6) is -1.24. The molecule has 0 aliphatic rings. The summed E-state index contributed by atoms with van der Waals surface area (Å²) in [7, 11) is 1.24. The highest BCUT2D eigenvalue weighted by atomic mass is 19.1. The number of rotatable bonds is 5. The molecule has 1 N–H and O–H groups in total. The maximum atomic E-state index is 14.0. The molecule has 3 nitrogen and oxygen atoms in total. The smallest absolute Gasteiger partial charge is 0.340 e. The lowest BCUT2D eigenvalue weighted by Gasteiger charge is -2.10. The zero-order chi connectivity index (χ0) is 16.1. The van der Waals surface area contributed by atoms with Crippen molar-refractivity contribution in [2.24, 2.45) is 0 Å². The zero-order valence-electron chi connectivity index (χ0n) is 13.0. The molecular formula is C18H20FNO2. The van der Waals surface area contributed by atoms with E-state index in [-0.39, 0.29) is 5.56 Å². The van der Waals surface area contributed by atoms with Crippen LogP contribution in [0.25, 0.3) is 11.1 Å². The van der Waals surface area contributed by atoms with Crippen LogP contribution in [0.4, 0.5) is 4.39 Å². The molecule has 116 valence electrons. The van der Waals surface area contributed by atoms with Crippen molar-refractivity contribution in [2.45, 2.75) is 26.4 Å². The van der Waals surface area contributed by atoms with Gasteiger partial charge >= 0.3 is 5.97 Å². The number of halogens is 1. The van der Waals surface area contributed by atoms with Crippen molar-refractivity contribution in [1.29, 1.82) is 0 Å². The summed E-state index contributed by atoms with van der Waals surface area (Å²) >= 11 is 0. The molecule has 2 aromatic carbocycles. The van der Waals surface area contributed by atoms with E-state index in [0.29, 0.717) is 6.04 Å². The van der Waals surface area contributed by atoms with Crippen LogP contribution in [0.15, 0.2) is 42.5 Å². The summed E-state index contributed by atoms with van der Waals surface area (Å²) in [6.07, 6.45) is 0. The molecule has 0 spiro atoms. The average molecular weight is 301 g/mol. The molecule has 0 aliphatic heterocycles. The van der Waals surface area contributed by atoms with Gasteiger partial charge < -0.3 is 10.1 Å². The van der Waals surface area contributed by atoms with Crippen LogP contribution < -0.4 is 5.32 Å². The van der Waals surface area contributed by atoms with Gasteiger partial charge in [0.1, 0.15) is 5.82 Å². The van der Waals surface area contributed by atoms with Crippen molar-refractivity contribution in [3.8, 4) is 11.1 Å². The molecule has 0 saturated heterocycles. The van der Waals surface area contributed by atoms with Gasteiger partial charge in [0.15, 0.2) is 0 Å². The third-order valence-corrected chi connectivity index (χ3v) is 3.35. The van der Waals surface area contributed by atoms with Crippen LogP contribution in [0.5, 0.6) is 0 Å². The van der Waals surface area contributed by atoms with Gasteiger partial charge in [-0.1, -0.05) is 38.1 Å². The van der Waals surface area contributed by atoms with Gasteiger partial charge in [0.05, 0.1) is 12.7 Å². The number of carbonyl (C=O) groups excluding carboxylic acids is 1. The first kappa shape index (κ1) is 16.2. The monoisotopic (exact) mass is 301 g/mol. The Hall–Kier alpha value is -2.20. The maximum absolute atomic E-state index is 14.0. The normalized spacial score (nSPS) is 10.8. The highest BCUT2D eigenvalue weighted by molar-refractivity contribution is 5.90. The van der Waals surface area contributed by atoms with Crippen LogP contribution in [0.1, 0.15) is 29.8 Å². The fourth-order valence-corrected chi connectivity index (χ4v) is 2.15. The van der Waals surface area contributed by atoms with Gasteiger partial charge in [-0.3, -0.25) is 0 Å². The van der Waals surface area contributed by atoms with E-state index in [0.717, 1.165) is 23.2 Å². The Morgan fingerprint density at radius 3 is 2.55 bits per heavy atom. The summed E-state index contributed by atoms with van der Waals surface area (Å²) < 4.78 is 18.6. The molecule has 4 heteroatoms. The number of esters is 1. The van der Waals surface area contributed by atoms with Gasteiger partial charge in [0, 0.05) is 12.6 Å². The van der Waals surface area contributed by atoms with E-state index >= 15 is 0 Å². The highest BCUT2D eigenvalue weighted by Gasteiger charge is 2.13. The molecular weight excluding hydrogens is 281 g/mol. The van der Waals surface area contributed by atoms with Gasteiger partial charge in [0.2, 0.25) is 0 Å². The Morgan fingerprint density at radius 1 is 1.18 bits per heavy atom. The Balaban J connectivity index is 2.26. The van der Waals surface area contributed by atoms with Crippen LogP contribution in [0.2, 0.25) is 0 Å². The number of ether oxygens (including phenoxy) is 1. The van der Waals surface area contributed by atoms with Gasteiger partial charge in [-0.05, 0) is 34.9 Å². The Morgan fingerprint density at radius 2 is 1.91 bits per heavy atom.